The van der Waals surface area contributed by atoms with Gasteiger partial charge < -0.3 is 5.73 Å². The zero-order valence-electron chi connectivity index (χ0n) is 9.47. The van der Waals surface area contributed by atoms with Crippen LogP contribution in [0.1, 0.15) is 17.1 Å². The third-order valence-corrected chi connectivity index (χ3v) is 5.49. The Balaban J connectivity index is 2.16. The number of thiophene rings is 1. The van der Waals surface area contributed by atoms with Crippen LogP contribution in [-0.2, 0) is 0 Å². The van der Waals surface area contributed by atoms with E-state index in [9.17, 15) is 0 Å². The maximum Gasteiger partial charge on any atom is 0.0586 e. The molecule has 4 heteroatoms. The van der Waals surface area contributed by atoms with E-state index in [1.165, 1.54) is 9.77 Å². The highest BCUT2D eigenvalue weighted by atomic mass is 79.9. The van der Waals surface area contributed by atoms with Gasteiger partial charge in [0.15, 0.2) is 0 Å². The van der Waals surface area contributed by atoms with Crippen molar-refractivity contribution in [1.29, 1.82) is 0 Å². The average molecular weight is 328 g/mol. The van der Waals surface area contributed by atoms with Gasteiger partial charge in [0.25, 0.3) is 0 Å². The first-order chi connectivity index (χ1) is 8.16. The van der Waals surface area contributed by atoms with E-state index >= 15 is 0 Å². The molecule has 2 N–H and O–H groups in total. The molecule has 0 amide bonds. The van der Waals surface area contributed by atoms with Gasteiger partial charge in [-0.2, -0.15) is 0 Å². The Hall–Kier alpha value is -0.290. The molecule has 2 unspecified atom stereocenters. The lowest BCUT2D eigenvalue weighted by Gasteiger charge is -2.19. The average Bonchev–Trinajstić information content (AvgIpc) is 2.81. The fourth-order valence-electron chi connectivity index (χ4n) is 1.54. The molecule has 0 aliphatic heterocycles. The number of thioether (sulfide) groups is 1. The molecule has 17 heavy (non-hydrogen) atoms. The van der Waals surface area contributed by atoms with Crippen molar-refractivity contribution >= 4 is 39.0 Å². The zero-order chi connectivity index (χ0) is 12.3. The second kappa shape index (κ2) is 6.05. The van der Waals surface area contributed by atoms with E-state index in [4.69, 9.17) is 5.73 Å². The first-order valence-corrected chi connectivity index (χ1v) is 7.93. The highest BCUT2D eigenvalue weighted by Gasteiger charge is 2.18. The van der Waals surface area contributed by atoms with Crippen molar-refractivity contribution < 1.29 is 0 Å². The Kier molecular flexibility index (Phi) is 4.68. The monoisotopic (exact) mass is 327 g/mol. The molecule has 0 aliphatic carbocycles. The van der Waals surface area contributed by atoms with Crippen molar-refractivity contribution in [2.75, 3.05) is 0 Å². The maximum absolute atomic E-state index is 6.08. The number of rotatable bonds is 4. The van der Waals surface area contributed by atoms with Gasteiger partial charge in [-0.05, 0) is 42.6 Å². The third kappa shape index (κ3) is 3.58. The summed E-state index contributed by atoms with van der Waals surface area (Å²) in [5, 5.41) is 2.43. The Bertz CT molecular complexity index is 451. The predicted octanol–water partition coefficient (Wildman–Crippen LogP) is 4.69. The molecule has 0 fully saturated rings. The summed E-state index contributed by atoms with van der Waals surface area (Å²) in [6, 6.07) is 12.8. The fourth-order valence-corrected chi connectivity index (χ4v) is 3.93. The maximum atomic E-state index is 6.08. The lowest BCUT2D eigenvalue weighted by Crippen LogP contribution is -2.21. The van der Waals surface area contributed by atoms with E-state index in [1.54, 1.807) is 11.3 Å². The standard InChI is InChI=1S/C13H14BrNS2/c1-9(15)13(12-3-2-8-16-12)17-11-6-4-10(14)5-7-11/h2-9,13H,15H2,1H3. The van der Waals surface area contributed by atoms with Gasteiger partial charge in [-0.15, -0.1) is 23.1 Å². The Morgan fingerprint density at radius 2 is 1.94 bits per heavy atom. The van der Waals surface area contributed by atoms with Crippen molar-refractivity contribution in [1.82, 2.24) is 0 Å². The molecule has 2 atom stereocenters. The van der Waals surface area contributed by atoms with Crippen LogP contribution in [0.5, 0.6) is 0 Å². The molecular formula is C13H14BrNS2. The highest BCUT2D eigenvalue weighted by molar-refractivity contribution is 9.10. The smallest absolute Gasteiger partial charge is 0.0586 e. The number of hydrogen-bond acceptors (Lipinski definition) is 3. The molecular weight excluding hydrogens is 314 g/mol. The summed E-state index contributed by atoms with van der Waals surface area (Å²) in [6.45, 7) is 2.07. The van der Waals surface area contributed by atoms with E-state index in [2.05, 4.69) is 64.6 Å². The van der Waals surface area contributed by atoms with Gasteiger partial charge in [-0.25, -0.2) is 0 Å². The minimum atomic E-state index is 0.141. The van der Waals surface area contributed by atoms with Crippen LogP contribution in [0.4, 0.5) is 0 Å². The molecule has 1 nitrogen and oxygen atoms in total. The van der Waals surface area contributed by atoms with E-state index in [0.717, 1.165) is 4.47 Å². The summed E-state index contributed by atoms with van der Waals surface area (Å²) in [4.78, 5) is 2.59. The summed E-state index contributed by atoms with van der Waals surface area (Å²) >= 11 is 7.05. The van der Waals surface area contributed by atoms with Crippen LogP contribution in [0.25, 0.3) is 0 Å². The van der Waals surface area contributed by atoms with Gasteiger partial charge in [-0.1, -0.05) is 22.0 Å². The largest absolute Gasteiger partial charge is 0.327 e. The van der Waals surface area contributed by atoms with Gasteiger partial charge in [0.2, 0.25) is 0 Å². The van der Waals surface area contributed by atoms with E-state index in [0.29, 0.717) is 5.25 Å². The van der Waals surface area contributed by atoms with E-state index < -0.39 is 0 Å². The van der Waals surface area contributed by atoms with Crippen molar-refractivity contribution in [3.05, 3.63) is 51.1 Å². The normalized spacial score (nSPS) is 14.5. The molecule has 0 bridgehead atoms. The summed E-state index contributed by atoms with van der Waals surface area (Å²) < 4.78 is 1.11. The van der Waals surface area contributed by atoms with Crippen LogP contribution < -0.4 is 5.73 Å². The zero-order valence-corrected chi connectivity index (χ0v) is 12.7. The summed E-state index contributed by atoms with van der Waals surface area (Å²) in [7, 11) is 0. The van der Waals surface area contributed by atoms with E-state index in [-0.39, 0.29) is 6.04 Å². The highest BCUT2D eigenvalue weighted by Crippen LogP contribution is 2.39. The van der Waals surface area contributed by atoms with Crippen molar-refractivity contribution in [2.24, 2.45) is 5.73 Å². The first kappa shape index (κ1) is 13.1. The first-order valence-electron chi connectivity index (χ1n) is 5.38. The lowest BCUT2D eigenvalue weighted by molar-refractivity contribution is 0.730. The Morgan fingerprint density at radius 3 is 2.47 bits per heavy atom. The number of halogens is 1. The second-order valence-electron chi connectivity index (χ2n) is 3.87. The predicted molar refractivity (Wildman–Crippen MR) is 80.7 cm³/mol. The summed E-state index contributed by atoms with van der Waals surface area (Å²) in [6.07, 6.45) is 0. The van der Waals surface area contributed by atoms with Gasteiger partial charge in [0.1, 0.15) is 0 Å². The molecule has 1 aromatic heterocycles. The van der Waals surface area contributed by atoms with Crippen molar-refractivity contribution in [2.45, 2.75) is 23.1 Å². The molecule has 2 rings (SSSR count). The van der Waals surface area contributed by atoms with Crippen LogP contribution >= 0.6 is 39.0 Å². The third-order valence-electron chi connectivity index (χ3n) is 2.38. The Labute approximate surface area is 119 Å². The van der Waals surface area contributed by atoms with Gasteiger partial charge in [0, 0.05) is 20.3 Å². The molecule has 1 heterocycles. The number of hydrogen-bond donors (Lipinski definition) is 1. The number of nitrogens with two attached hydrogens (primary N) is 1. The minimum absolute atomic E-state index is 0.141. The topological polar surface area (TPSA) is 26.0 Å². The van der Waals surface area contributed by atoms with Crippen molar-refractivity contribution in [3.63, 3.8) is 0 Å². The van der Waals surface area contributed by atoms with Gasteiger partial charge in [0.05, 0.1) is 5.25 Å². The van der Waals surface area contributed by atoms with Gasteiger partial charge in [-0.3, -0.25) is 0 Å². The molecule has 90 valence electrons. The number of benzene rings is 1. The molecule has 0 saturated heterocycles. The van der Waals surface area contributed by atoms with Crippen LogP contribution in [0, 0.1) is 0 Å². The molecule has 2 aromatic rings. The van der Waals surface area contributed by atoms with Crippen LogP contribution in [0.15, 0.2) is 51.1 Å². The molecule has 0 spiro atoms. The summed E-state index contributed by atoms with van der Waals surface area (Å²) in [5.74, 6) is 0. The van der Waals surface area contributed by atoms with Crippen LogP contribution in [-0.4, -0.2) is 6.04 Å². The quantitative estimate of drug-likeness (QED) is 0.824. The summed E-state index contributed by atoms with van der Waals surface area (Å²) in [5.41, 5.74) is 6.08. The molecule has 1 aromatic carbocycles. The van der Waals surface area contributed by atoms with Gasteiger partial charge >= 0.3 is 0 Å². The van der Waals surface area contributed by atoms with Crippen molar-refractivity contribution in [3.8, 4) is 0 Å². The fraction of sp³-hybridized carbons (Fsp3) is 0.231. The molecule has 0 radical (unpaired) electrons. The molecule has 0 aliphatic rings. The minimum Gasteiger partial charge on any atom is -0.327 e. The second-order valence-corrected chi connectivity index (χ2v) is 6.98. The van der Waals surface area contributed by atoms with E-state index in [1.807, 2.05) is 11.8 Å². The SMILES string of the molecule is CC(N)C(Sc1ccc(Br)cc1)c1cccs1. The Morgan fingerprint density at radius 1 is 1.24 bits per heavy atom. The molecule has 0 saturated carbocycles. The van der Waals surface area contributed by atoms with Crippen LogP contribution in [0.2, 0.25) is 0 Å². The van der Waals surface area contributed by atoms with Crippen LogP contribution in [0.3, 0.4) is 0 Å². The lowest BCUT2D eigenvalue weighted by atomic mass is 10.2.